The summed E-state index contributed by atoms with van der Waals surface area (Å²) in [4.78, 5) is 11.1. The van der Waals surface area contributed by atoms with Crippen LogP contribution in [0.3, 0.4) is 0 Å². The van der Waals surface area contributed by atoms with Crippen molar-refractivity contribution in [2.24, 2.45) is 11.3 Å². The first-order chi connectivity index (χ1) is 17.8. The smallest absolute Gasteiger partial charge is 0.135 e. The topological polar surface area (TPSA) is 102 Å². The van der Waals surface area contributed by atoms with Crippen LogP contribution in [0, 0.1) is 23.0 Å². The Morgan fingerprint density at radius 1 is 1.08 bits per heavy atom. The van der Waals surface area contributed by atoms with E-state index < -0.39 is 17.0 Å². The van der Waals surface area contributed by atoms with Crippen molar-refractivity contribution in [2.75, 3.05) is 6.61 Å². The molecule has 3 atom stereocenters. The minimum atomic E-state index is -0.661. The van der Waals surface area contributed by atoms with Crippen LogP contribution in [0.2, 0.25) is 0 Å². The van der Waals surface area contributed by atoms with Crippen LogP contribution in [-0.4, -0.2) is 46.9 Å². The van der Waals surface area contributed by atoms with Gasteiger partial charge in [-0.15, -0.1) is 5.10 Å². The molecule has 3 heterocycles. The highest BCUT2D eigenvalue weighted by molar-refractivity contribution is 5.64. The molecule has 1 aromatic carbocycles. The van der Waals surface area contributed by atoms with Gasteiger partial charge < -0.3 is 5.11 Å². The summed E-state index contributed by atoms with van der Waals surface area (Å²) in [6.45, 7) is 6.85. The summed E-state index contributed by atoms with van der Waals surface area (Å²) in [6.07, 6.45) is 6.79. The highest BCUT2D eigenvalue weighted by Crippen LogP contribution is 2.69. The van der Waals surface area contributed by atoms with Crippen LogP contribution >= 0.6 is 0 Å². The standard InChI is InChI=1S/C27H27F2N7O/c1-15(14-37)13-36-31-11-22(35-36)21-10-30-12-23(32-21)27-8-7-17(26(27,2)3)16-9-20(33-34-25(16)27)24-18(28)5-4-6-19(24)29/h4-6,9-12,15,17,37H,7-8,13-14H2,1-3H3/t15-,17-,27-/m0/s1. The number of nitrogens with zero attached hydrogens (tertiary/aromatic N) is 7. The Hall–Kier alpha value is -3.66. The highest BCUT2D eigenvalue weighted by atomic mass is 19.1. The third kappa shape index (κ3) is 3.42. The van der Waals surface area contributed by atoms with Gasteiger partial charge in [-0.25, -0.2) is 13.8 Å². The Kier molecular flexibility index (Phi) is 5.41. The lowest BCUT2D eigenvalue weighted by Crippen LogP contribution is -2.38. The Labute approximate surface area is 212 Å². The van der Waals surface area contributed by atoms with E-state index in [1.807, 2.05) is 6.92 Å². The number of hydrogen-bond donors (Lipinski definition) is 1. The van der Waals surface area contributed by atoms with E-state index in [-0.39, 0.29) is 35.1 Å². The second kappa shape index (κ2) is 8.44. The van der Waals surface area contributed by atoms with Gasteiger partial charge in [0.15, 0.2) is 0 Å². The molecule has 2 aliphatic rings. The number of fused-ring (bicyclic) bond motifs is 5. The second-order valence-corrected chi connectivity index (χ2v) is 10.7. The van der Waals surface area contributed by atoms with Crippen molar-refractivity contribution >= 4 is 0 Å². The van der Waals surface area contributed by atoms with Gasteiger partial charge in [0.05, 0.1) is 47.0 Å². The van der Waals surface area contributed by atoms with E-state index in [9.17, 15) is 13.9 Å². The van der Waals surface area contributed by atoms with Crippen LogP contribution < -0.4 is 0 Å². The van der Waals surface area contributed by atoms with Crippen molar-refractivity contribution in [1.29, 1.82) is 0 Å². The molecule has 0 amide bonds. The molecule has 1 saturated carbocycles. The van der Waals surface area contributed by atoms with Crippen molar-refractivity contribution < 1.29 is 13.9 Å². The average Bonchev–Trinajstić information content (AvgIpc) is 3.51. The Bertz CT molecular complexity index is 1480. The van der Waals surface area contributed by atoms with Gasteiger partial charge in [-0.3, -0.25) is 4.98 Å². The summed E-state index contributed by atoms with van der Waals surface area (Å²) in [7, 11) is 0. The minimum absolute atomic E-state index is 0.0315. The van der Waals surface area contributed by atoms with Crippen LogP contribution in [0.15, 0.2) is 42.9 Å². The predicted octanol–water partition coefficient (Wildman–Crippen LogP) is 4.30. The maximum absolute atomic E-state index is 14.5. The quantitative estimate of drug-likeness (QED) is 0.418. The van der Waals surface area contributed by atoms with Crippen LogP contribution in [0.25, 0.3) is 22.6 Å². The lowest BCUT2D eigenvalue weighted by atomic mass is 9.66. The fourth-order valence-corrected chi connectivity index (χ4v) is 6.29. The van der Waals surface area contributed by atoms with Gasteiger partial charge in [0.25, 0.3) is 0 Å². The van der Waals surface area contributed by atoms with Crippen molar-refractivity contribution in [3.8, 4) is 22.6 Å². The molecule has 6 rings (SSSR count). The molecule has 2 aliphatic carbocycles. The maximum atomic E-state index is 14.5. The molecule has 3 aromatic heterocycles. The van der Waals surface area contributed by atoms with Crippen LogP contribution in [0.5, 0.6) is 0 Å². The molecular weight excluding hydrogens is 476 g/mol. The van der Waals surface area contributed by atoms with E-state index in [4.69, 9.17) is 4.98 Å². The number of benzene rings is 1. The minimum Gasteiger partial charge on any atom is -0.396 e. The summed E-state index contributed by atoms with van der Waals surface area (Å²) in [5, 5.41) is 27.1. The third-order valence-corrected chi connectivity index (χ3v) is 8.26. The molecule has 10 heteroatoms. The fraction of sp³-hybridized carbons (Fsp3) is 0.407. The molecule has 37 heavy (non-hydrogen) atoms. The summed E-state index contributed by atoms with van der Waals surface area (Å²) >= 11 is 0. The van der Waals surface area contributed by atoms with Gasteiger partial charge in [-0.05, 0) is 47.9 Å². The molecule has 4 aromatic rings. The molecule has 2 bridgehead atoms. The van der Waals surface area contributed by atoms with E-state index in [1.165, 1.54) is 18.2 Å². The Morgan fingerprint density at radius 2 is 1.86 bits per heavy atom. The zero-order valence-electron chi connectivity index (χ0n) is 20.9. The van der Waals surface area contributed by atoms with Gasteiger partial charge in [0.2, 0.25) is 0 Å². The normalized spacial score (nSPS) is 22.3. The predicted molar refractivity (Wildman–Crippen MR) is 131 cm³/mol. The van der Waals surface area contributed by atoms with Crippen LogP contribution in [0.1, 0.15) is 56.5 Å². The molecule has 1 fully saturated rings. The first-order valence-electron chi connectivity index (χ1n) is 12.4. The molecule has 0 aliphatic heterocycles. The zero-order valence-corrected chi connectivity index (χ0v) is 20.9. The lowest BCUT2D eigenvalue weighted by Gasteiger charge is -2.37. The van der Waals surface area contributed by atoms with E-state index in [0.717, 1.165) is 29.8 Å². The van der Waals surface area contributed by atoms with E-state index >= 15 is 0 Å². The lowest BCUT2D eigenvalue weighted by molar-refractivity contribution is 0.214. The summed E-state index contributed by atoms with van der Waals surface area (Å²) in [5.74, 6) is -1.15. The van der Waals surface area contributed by atoms with Crippen molar-refractivity contribution in [1.82, 2.24) is 35.2 Å². The average molecular weight is 504 g/mol. The molecule has 0 radical (unpaired) electrons. The monoisotopic (exact) mass is 503 g/mol. The molecular formula is C27H27F2N7O. The molecule has 8 nitrogen and oxygen atoms in total. The van der Waals surface area contributed by atoms with E-state index in [0.29, 0.717) is 17.9 Å². The SMILES string of the molecule is C[C@H](CO)Cn1ncc(-c2cncc([C@@]34CC[C@@H](c5cc(-c6c(F)cccc6F)nnc53)C4(C)C)n2)n1. The largest absolute Gasteiger partial charge is 0.396 e. The Balaban J connectivity index is 1.43. The zero-order chi connectivity index (χ0) is 25.9. The van der Waals surface area contributed by atoms with E-state index in [1.54, 1.807) is 29.5 Å². The summed E-state index contributed by atoms with van der Waals surface area (Å²) in [5.41, 5.74) is 2.94. The van der Waals surface area contributed by atoms with Crippen LogP contribution in [0.4, 0.5) is 8.78 Å². The number of rotatable bonds is 6. The first-order valence-corrected chi connectivity index (χ1v) is 12.4. The summed E-state index contributed by atoms with van der Waals surface area (Å²) in [6, 6.07) is 5.59. The molecule has 190 valence electrons. The van der Waals surface area contributed by atoms with Gasteiger partial charge in [0.1, 0.15) is 23.0 Å². The number of aliphatic hydroxyl groups is 1. The molecule has 0 spiro atoms. The number of halogens is 2. The molecule has 1 N–H and O–H groups in total. The van der Waals surface area contributed by atoms with Gasteiger partial charge in [0, 0.05) is 18.7 Å². The van der Waals surface area contributed by atoms with Crippen molar-refractivity contribution in [2.45, 2.75) is 51.5 Å². The second-order valence-electron chi connectivity index (χ2n) is 10.7. The Morgan fingerprint density at radius 3 is 2.62 bits per heavy atom. The van der Waals surface area contributed by atoms with Gasteiger partial charge in [-0.2, -0.15) is 20.1 Å². The highest BCUT2D eigenvalue weighted by Gasteiger charge is 2.65. The third-order valence-electron chi connectivity index (χ3n) is 8.26. The fourth-order valence-electron chi connectivity index (χ4n) is 6.29. The maximum Gasteiger partial charge on any atom is 0.135 e. The number of aromatic nitrogens is 7. The molecule has 0 unspecified atom stereocenters. The first kappa shape index (κ1) is 23.7. The number of hydrogen-bond acceptors (Lipinski definition) is 7. The van der Waals surface area contributed by atoms with Gasteiger partial charge >= 0.3 is 0 Å². The summed E-state index contributed by atoms with van der Waals surface area (Å²) < 4.78 is 29.0. The van der Waals surface area contributed by atoms with E-state index in [2.05, 4.69) is 39.2 Å². The van der Waals surface area contributed by atoms with Crippen LogP contribution in [-0.2, 0) is 12.0 Å². The van der Waals surface area contributed by atoms with Crippen molar-refractivity contribution in [3.63, 3.8) is 0 Å². The number of aliphatic hydroxyl groups excluding tert-OH is 1. The van der Waals surface area contributed by atoms with Crippen molar-refractivity contribution in [3.05, 3.63) is 71.4 Å². The molecule has 0 saturated heterocycles. The van der Waals surface area contributed by atoms with Gasteiger partial charge in [-0.1, -0.05) is 26.8 Å².